The van der Waals surface area contributed by atoms with Gasteiger partial charge in [0.1, 0.15) is 11.6 Å². The Bertz CT molecular complexity index is 632. The zero-order chi connectivity index (χ0) is 15.6. The molecule has 0 fully saturated rings. The molecule has 114 valence electrons. The van der Waals surface area contributed by atoms with Gasteiger partial charge in [0.15, 0.2) is 0 Å². The van der Waals surface area contributed by atoms with Gasteiger partial charge in [-0.3, -0.25) is 4.68 Å². The number of halogens is 3. The van der Waals surface area contributed by atoms with Gasteiger partial charge in [-0.2, -0.15) is 5.10 Å². The fourth-order valence-corrected chi connectivity index (χ4v) is 2.20. The lowest BCUT2D eigenvalue weighted by molar-refractivity contribution is 0.424. The van der Waals surface area contributed by atoms with Crippen molar-refractivity contribution in [1.29, 1.82) is 0 Å². The minimum absolute atomic E-state index is 0.00260. The number of nitrogens with one attached hydrogen (secondary N) is 1. The third kappa shape index (κ3) is 4.35. The summed E-state index contributed by atoms with van der Waals surface area (Å²) in [6.07, 6.45) is 3.49. The van der Waals surface area contributed by atoms with Crippen LogP contribution in [0.1, 0.15) is 31.9 Å². The molecule has 1 aromatic carbocycles. The van der Waals surface area contributed by atoms with Gasteiger partial charge in [-0.05, 0) is 48.8 Å². The summed E-state index contributed by atoms with van der Waals surface area (Å²) in [5, 5.41) is 7.49. The van der Waals surface area contributed by atoms with Crippen LogP contribution in [0.15, 0.2) is 29.0 Å². The minimum Gasteiger partial charge on any atom is -0.308 e. The van der Waals surface area contributed by atoms with E-state index in [2.05, 4.69) is 47.1 Å². The summed E-state index contributed by atoms with van der Waals surface area (Å²) in [6, 6.07) is 2.60. The largest absolute Gasteiger partial charge is 0.308 e. The Labute approximate surface area is 131 Å². The number of aromatic nitrogens is 2. The first-order valence-electron chi connectivity index (χ1n) is 6.65. The van der Waals surface area contributed by atoms with Crippen LogP contribution in [0.25, 0.3) is 0 Å². The normalized spacial score (nSPS) is 11.9. The molecule has 0 bridgehead atoms. The standard InChI is InChI=1S/C15H18BrF2N3/c1-15(2,3)19-6-10-7-20-21(8-10)9-11-13(17)5-4-12(16)14(11)18/h4-5,7-8,19H,6,9H2,1-3H3. The van der Waals surface area contributed by atoms with Crippen molar-refractivity contribution in [2.45, 2.75) is 39.4 Å². The molecule has 0 aliphatic carbocycles. The van der Waals surface area contributed by atoms with Crippen LogP contribution < -0.4 is 5.32 Å². The first kappa shape index (κ1) is 16.1. The molecule has 0 saturated heterocycles. The molecular formula is C15H18BrF2N3. The number of hydrogen-bond donors (Lipinski definition) is 1. The average molecular weight is 358 g/mol. The second-order valence-corrected chi connectivity index (χ2v) is 6.83. The number of rotatable bonds is 4. The average Bonchev–Trinajstić information content (AvgIpc) is 2.84. The minimum atomic E-state index is -0.583. The zero-order valence-corrected chi connectivity index (χ0v) is 13.8. The Morgan fingerprint density at radius 3 is 2.67 bits per heavy atom. The van der Waals surface area contributed by atoms with E-state index in [-0.39, 0.29) is 22.1 Å². The topological polar surface area (TPSA) is 29.9 Å². The van der Waals surface area contributed by atoms with Gasteiger partial charge in [0.25, 0.3) is 0 Å². The molecule has 0 radical (unpaired) electrons. The van der Waals surface area contributed by atoms with E-state index < -0.39 is 11.6 Å². The third-order valence-electron chi connectivity index (χ3n) is 2.97. The maximum atomic E-state index is 13.9. The van der Waals surface area contributed by atoms with Gasteiger partial charge in [-0.25, -0.2) is 8.78 Å². The Kier molecular flexibility index (Phi) is 4.78. The van der Waals surface area contributed by atoms with Crippen molar-refractivity contribution < 1.29 is 8.78 Å². The van der Waals surface area contributed by atoms with Gasteiger partial charge in [0, 0.05) is 29.4 Å². The maximum Gasteiger partial charge on any atom is 0.145 e. The van der Waals surface area contributed by atoms with Crippen molar-refractivity contribution in [2.24, 2.45) is 0 Å². The van der Waals surface area contributed by atoms with Crippen LogP contribution in [0.5, 0.6) is 0 Å². The summed E-state index contributed by atoms with van der Waals surface area (Å²) in [7, 11) is 0. The van der Waals surface area contributed by atoms with E-state index in [0.29, 0.717) is 6.54 Å². The van der Waals surface area contributed by atoms with Crippen molar-refractivity contribution in [3.05, 3.63) is 51.8 Å². The molecule has 1 N–H and O–H groups in total. The zero-order valence-electron chi connectivity index (χ0n) is 12.3. The first-order chi connectivity index (χ1) is 9.76. The molecule has 0 saturated carbocycles. The second-order valence-electron chi connectivity index (χ2n) is 5.97. The maximum absolute atomic E-state index is 13.9. The Morgan fingerprint density at radius 2 is 2.00 bits per heavy atom. The van der Waals surface area contributed by atoms with Gasteiger partial charge in [-0.15, -0.1) is 0 Å². The van der Waals surface area contributed by atoms with Crippen molar-refractivity contribution in [3.8, 4) is 0 Å². The van der Waals surface area contributed by atoms with Gasteiger partial charge in [0.2, 0.25) is 0 Å². The summed E-state index contributed by atoms with van der Waals surface area (Å²) < 4.78 is 29.4. The second kappa shape index (κ2) is 6.23. The molecule has 2 rings (SSSR count). The molecular weight excluding hydrogens is 340 g/mol. The van der Waals surface area contributed by atoms with Crippen molar-refractivity contribution >= 4 is 15.9 Å². The van der Waals surface area contributed by atoms with Crippen LogP contribution >= 0.6 is 15.9 Å². The van der Waals surface area contributed by atoms with E-state index in [1.54, 1.807) is 12.4 Å². The van der Waals surface area contributed by atoms with Crippen LogP contribution in [-0.2, 0) is 13.1 Å². The van der Waals surface area contributed by atoms with Crippen molar-refractivity contribution in [2.75, 3.05) is 0 Å². The highest BCUT2D eigenvalue weighted by atomic mass is 79.9. The summed E-state index contributed by atoms with van der Waals surface area (Å²) >= 11 is 3.06. The Morgan fingerprint density at radius 1 is 1.29 bits per heavy atom. The summed E-state index contributed by atoms with van der Waals surface area (Å²) in [6.45, 7) is 6.94. The SMILES string of the molecule is CC(C)(C)NCc1cnn(Cc2c(F)ccc(Br)c2F)c1. The summed E-state index contributed by atoms with van der Waals surface area (Å²) in [5.74, 6) is -1.15. The third-order valence-corrected chi connectivity index (χ3v) is 3.58. The van der Waals surface area contributed by atoms with Crippen LogP contribution in [0.4, 0.5) is 8.78 Å². The van der Waals surface area contributed by atoms with E-state index in [1.165, 1.54) is 16.8 Å². The van der Waals surface area contributed by atoms with Gasteiger partial charge >= 0.3 is 0 Å². The number of benzene rings is 1. The van der Waals surface area contributed by atoms with E-state index in [9.17, 15) is 8.78 Å². The van der Waals surface area contributed by atoms with Crippen molar-refractivity contribution in [3.63, 3.8) is 0 Å². The highest BCUT2D eigenvalue weighted by molar-refractivity contribution is 9.10. The molecule has 3 nitrogen and oxygen atoms in total. The summed E-state index contributed by atoms with van der Waals surface area (Å²) in [5.41, 5.74) is 0.980. The lowest BCUT2D eigenvalue weighted by atomic mass is 10.1. The predicted octanol–water partition coefficient (Wildman–Crippen LogP) is 3.86. The quantitative estimate of drug-likeness (QED) is 0.842. The molecule has 6 heteroatoms. The van der Waals surface area contributed by atoms with Gasteiger partial charge in [0.05, 0.1) is 17.2 Å². The molecule has 21 heavy (non-hydrogen) atoms. The van der Waals surface area contributed by atoms with E-state index in [0.717, 1.165) is 5.56 Å². The molecule has 0 aliphatic rings. The Balaban J connectivity index is 2.11. The smallest absolute Gasteiger partial charge is 0.145 e. The lowest BCUT2D eigenvalue weighted by Gasteiger charge is -2.19. The highest BCUT2D eigenvalue weighted by Gasteiger charge is 2.14. The molecule has 2 aromatic rings. The molecule has 0 aliphatic heterocycles. The molecule has 0 unspecified atom stereocenters. The number of hydrogen-bond acceptors (Lipinski definition) is 2. The van der Waals surface area contributed by atoms with Crippen molar-refractivity contribution in [1.82, 2.24) is 15.1 Å². The molecule has 1 aromatic heterocycles. The van der Waals surface area contributed by atoms with Gasteiger partial charge < -0.3 is 5.32 Å². The fraction of sp³-hybridized carbons (Fsp3) is 0.400. The fourth-order valence-electron chi connectivity index (χ4n) is 1.83. The highest BCUT2D eigenvalue weighted by Crippen LogP contribution is 2.22. The van der Waals surface area contributed by atoms with Crippen LogP contribution in [0.2, 0.25) is 0 Å². The van der Waals surface area contributed by atoms with Crippen LogP contribution in [0, 0.1) is 11.6 Å². The lowest BCUT2D eigenvalue weighted by Crippen LogP contribution is -2.34. The molecule has 1 heterocycles. The Hall–Kier alpha value is -1.27. The molecule has 0 atom stereocenters. The van der Waals surface area contributed by atoms with Gasteiger partial charge in [-0.1, -0.05) is 0 Å². The first-order valence-corrected chi connectivity index (χ1v) is 7.44. The number of nitrogens with zero attached hydrogens (tertiary/aromatic N) is 2. The monoisotopic (exact) mass is 357 g/mol. The molecule has 0 spiro atoms. The molecule has 0 amide bonds. The summed E-state index contributed by atoms with van der Waals surface area (Å²) in [4.78, 5) is 0. The predicted molar refractivity (Wildman–Crippen MR) is 82.0 cm³/mol. The van der Waals surface area contributed by atoms with E-state index in [4.69, 9.17) is 0 Å². The van der Waals surface area contributed by atoms with Crippen LogP contribution in [-0.4, -0.2) is 15.3 Å². The van der Waals surface area contributed by atoms with E-state index in [1.807, 2.05) is 0 Å². The van der Waals surface area contributed by atoms with E-state index >= 15 is 0 Å². The van der Waals surface area contributed by atoms with Crippen LogP contribution in [0.3, 0.4) is 0 Å².